The molecule has 3 aliphatic carbocycles. The monoisotopic (exact) mass is 136 g/mol. The summed E-state index contributed by atoms with van der Waals surface area (Å²) in [7, 11) is 0. The van der Waals surface area contributed by atoms with Crippen molar-refractivity contribution >= 4 is 0 Å². The van der Waals surface area contributed by atoms with Crippen LogP contribution in [0, 0.1) is 10.8 Å². The average molecular weight is 136 g/mol. The Morgan fingerprint density at radius 3 is 1.50 bits per heavy atom. The van der Waals surface area contributed by atoms with Crippen LogP contribution >= 0.6 is 0 Å². The van der Waals surface area contributed by atoms with Crippen LogP contribution in [-0.2, 0) is 0 Å². The predicted octanol–water partition coefficient (Wildman–Crippen LogP) is 3.12. The van der Waals surface area contributed by atoms with Crippen molar-refractivity contribution in [1.29, 1.82) is 0 Å². The van der Waals surface area contributed by atoms with E-state index in [1.54, 1.807) is 51.4 Å². The highest BCUT2D eigenvalue weighted by Crippen LogP contribution is 2.68. The molecule has 0 nitrogen and oxygen atoms in total. The molecule has 0 aromatic rings. The fourth-order valence-electron chi connectivity index (χ4n) is 3.02. The van der Waals surface area contributed by atoms with Gasteiger partial charge in [-0.1, -0.05) is 6.42 Å². The van der Waals surface area contributed by atoms with Gasteiger partial charge in [-0.15, -0.1) is 0 Å². The maximum atomic E-state index is 1.62. The van der Waals surface area contributed by atoms with E-state index in [0.29, 0.717) is 0 Å². The van der Waals surface area contributed by atoms with E-state index in [0.717, 1.165) is 10.8 Å². The number of hydrogen-bond acceptors (Lipinski definition) is 0. The van der Waals surface area contributed by atoms with E-state index in [1.165, 1.54) is 0 Å². The van der Waals surface area contributed by atoms with E-state index in [4.69, 9.17) is 0 Å². The van der Waals surface area contributed by atoms with Crippen molar-refractivity contribution in [2.45, 2.75) is 51.4 Å². The largest absolute Gasteiger partial charge is 0.0522 e. The minimum atomic E-state index is 0.925. The summed E-state index contributed by atoms with van der Waals surface area (Å²) in [6, 6.07) is 0. The van der Waals surface area contributed by atoms with Crippen molar-refractivity contribution in [2.75, 3.05) is 0 Å². The SMILES string of the molecule is C1CC2(CC2)CC2(C1)CC2. The molecule has 0 aromatic carbocycles. The van der Waals surface area contributed by atoms with Crippen molar-refractivity contribution < 1.29 is 0 Å². The van der Waals surface area contributed by atoms with Crippen molar-refractivity contribution in [1.82, 2.24) is 0 Å². The zero-order chi connectivity index (χ0) is 6.66. The van der Waals surface area contributed by atoms with Crippen LogP contribution in [0.15, 0.2) is 0 Å². The maximum Gasteiger partial charge on any atom is -0.0292 e. The van der Waals surface area contributed by atoms with Crippen LogP contribution in [-0.4, -0.2) is 0 Å². The lowest BCUT2D eigenvalue weighted by molar-refractivity contribution is 0.229. The molecule has 3 rings (SSSR count). The minimum absolute atomic E-state index is 0.925. The fourth-order valence-corrected chi connectivity index (χ4v) is 3.02. The summed E-state index contributed by atoms with van der Waals surface area (Å²) in [6.07, 6.45) is 12.6. The van der Waals surface area contributed by atoms with Gasteiger partial charge in [-0.2, -0.15) is 0 Å². The zero-order valence-electron chi connectivity index (χ0n) is 6.66. The molecule has 0 atom stereocenters. The second-order valence-electron chi connectivity index (χ2n) is 5.03. The van der Waals surface area contributed by atoms with Crippen LogP contribution in [0.5, 0.6) is 0 Å². The molecule has 0 N–H and O–H groups in total. The van der Waals surface area contributed by atoms with Crippen LogP contribution in [0.2, 0.25) is 0 Å². The van der Waals surface area contributed by atoms with Gasteiger partial charge in [0, 0.05) is 0 Å². The molecule has 3 fully saturated rings. The Kier molecular flexibility index (Phi) is 0.810. The first kappa shape index (κ1) is 5.62. The van der Waals surface area contributed by atoms with Crippen LogP contribution in [0.4, 0.5) is 0 Å². The Morgan fingerprint density at radius 2 is 1.10 bits per heavy atom. The van der Waals surface area contributed by atoms with Gasteiger partial charge in [-0.25, -0.2) is 0 Å². The highest BCUT2D eigenvalue weighted by atomic mass is 14.6. The molecule has 0 amide bonds. The Morgan fingerprint density at radius 1 is 0.600 bits per heavy atom. The maximum absolute atomic E-state index is 1.62. The molecule has 10 heavy (non-hydrogen) atoms. The molecule has 0 bridgehead atoms. The van der Waals surface area contributed by atoms with Crippen molar-refractivity contribution in [2.24, 2.45) is 10.8 Å². The Balaban J connectivity index is 1.80. The van der Waals surface area contributed by atoms with Crippen molar-refractivity contribution in [3.05, 3.63) is 0 Å². The zero-order valence-corrected chi connectivity index (χ0v) is 6.66. The summed E-state index contributed by atoms with van der Waals surface area (Å²) in [4.78, 5) is 0. The molecule has 2 spiro atoms. The number of hydrogen-bond donors (Lipinski definition) is 0. The lowest BCUT2D eigenvalue weighted by Crippen LogP contribution is -2.16. The standard InChI is InChI=1S/C10H16/c1-2-9(4-5-9)8-10(3-1)6-7-10/h1-8H2. The quantitative estimate of drug-likeness (QED) is 0.480. The predicted molar refractivity (Wildman–Crippen MR) is 41.8 cm³/mol. The topological polar surface area (TPSA) is 0 Å². The summed E-state index contributed by atoms with van der Waals surface area (Å²) >= 11 is 0. The normalized spacial score (nSPS) is 38.4. The smallest absolute Gasteiger partial charge is 0.0292 e. The van der Waals surface area contributed by atoms with Crippen molar-refractivity contribution in [3.63, 3.8) is 0 Å². The van der Waals surface area contributed by atoms with E-state index in [-0.39, 0.29) is 0 Å². The summed E-state index contributed by atoms with van der Waals surface area (Å²) in [5, 5.41) is 0. The van der Waals surface area contributed by atoms with Crippen molar-refractivity contribution in [3.8, 4) is 0 Å². The van der Waals surface area contributed by atoms with E-state index in [9.17, 15) is 0 Å². The van der Waals surface area contributed by atoms with E-state index >= 15 is 0 Å². The fraction of sp³-hybridized carbons (Fsp3) is 1.00. The van der Waals surface area contributed by atoms with Gasteiger partial charge in [0.05, 0.1) is 0 Å². The van der Waals surface area contributed by atoms with Gasteiger partial charge in [-0.05, 0) is 55.8 Å². The van der Waals surface area contributed by atoms with Gasteiger partial charge in [0.2, 0.25) is 0 Å². The van der Waals surface area contributed by atoms with Gasteiger partial charge in [0.25, 0.3) is 0 Å². The van der Waals surface area contributed by atoms with E-state index in [1.807, 2.05) is 0 Å². The van der Waals surface area contributed by atoms with Gasteiger partial charge >= 0.3 is 0 Å². The second kappa shape index (κ2) is 1.44. The molecule has 0 aliphatic heterocycles. The third-order valence-corrected chi connectivity index (χ3v) is 4.08. The van der Waals surface area contributed by atoms with E-state index < -0.39 is 0 Å². The van der Waals surface area contributed by atoms with Crippen LogP contribution in [0.1, 0.15) is 51.4 Å². The molecule has 0 aromatic heterocycles. The Bertz CT molecular complexity index is 143. The molecule has 0 heterocycles. The molecule has 0 heteroatoms. The minimum Gasteiger partial charge on any atom is -0.0522 e. The Labute approximate surface area is 63.0 Å². The van der Waals surface area contributed by atoms with Gasteiger partial charge in [-0.3, -0.25) is 0 Å². The van der Waals surface area contributed by atoms with Crippen LogP contribution in [0.3, 0.4) is 0 Å². The summed E-state index contributed by atoms with van der Waals surface area (Å²) in [5.41, 5.74) is 1.85. The first-order valence-electron chi connectivity index (χ1n) is 4.83. The molecular weight excluding hydrogens is 120 g/mol. The van der Waals surface area contributed by atoms with E-state index in [2.05, 4.69) is 0 Å². The molecular formula is C10H16. The number of rotatable bonds is 0. The molecule has 56 valence electrons. The van der Waals surface area contributed by atoms with Crippen LogP contribution < -0.4 is 0 Å². The molecule has 0 unspecified atom stereocenters. The Hall–Kier alpha value is 0. The third kappa shape index (κ3) is 0.681. The van der Waals surface area contributed by atoms with Gasteiger partial charge in [0.15, 0.2) is 0 Å². The lowest BCUT2D eigenvalue weighted by Gasteiger charge is -2.28. The third-order valence-electron chi connectivity index (χ3n) is 4.08. The molecule has 3 saturated carbocycles. The molecule has 0 saturated heterocycles. The van der Waals surface area contributed by atoms with Gasteiger partial charge in [0.1, 0.15) is 0 Å². The summed E-state index contributed by atoms with van der Waals surface area (Å²) in [5.74, 6) is 0. The first-order valence-corrected chi connectivity index (χ1v) is 4.83. The van der Waals surface area contributed by atoms with Gasteiger partial charge < -0.3 is 0 Å². The molecule has 0 radical (unpaired) electrons. The van der Waals surface area contributed by atoms with Crippen LogP contribution in [0.25, 0.3) is 0 Å². The average Bonchev–Trinajstić information content (AvgIpc) is 2.78. The lowest BCUT2D eigenvalue weighted by atomic mass is 9.77. The second-order valence-corrected chi connectivity index (χ2v) is 5.03. The highest BCUT2D eigenvalue weighted by Gasteiger charge is 2.55. The first-order chi connectivity index (χ1) is 4.83. The summed E-state index contributed by atoms with van der Waals surface area (Å²) in [6.45, 7) is 0. The highest BCUT2D eigenvalue weighted by molar-refractivity contribution is 5.07. The summed E-state index contributed by atoms with van der Waals surface area (Å²) < 4.78 is 0. The molecule has 3 aliphatic rings.